The first-order valence-electron chi connectivity index (χ1n) is 5.64. The third-order valence-corrected chi connectivity index (χ3v) is 2.70. The lowest BCUT2D eigenvalue weighted by atomic mass is 10.2. The molecule has 1 heterocycles. The van der Waals surface area contributed by atoms with Crippen molar-refractivity contribution in [2.24, 2.45) is 0 Å². The first kappa shape index (κ1) is 14.1. The fourth-order valence-corrected chi connectivity index (χ4v) is 1.71. The Kier molecular flexibility index (Phi) is 4.78. The van der Waals surface area contributed by atoms with Crippen molar-refractivity contribution in [2.75, 3.05) is 5.32 Å². The number of nitrogens with zero attached hydrogens (tertiary/aromatic N) is 2. The van der Waals surface area contributed by atoms with E-state index in [1.807, 2.05) is 30.3 Å². The number of hydrogen-bond acceptors (Lipinski definition) is 5. The Morgan fingerprint density at radius 3 is 2.80 bits per heavy atom. The number of amides is 1. The monoisotopic (exact) mass is 335 g/mol. The number of aldehydes is 1. The van der Waals surface area contributed by atoms with Gasteiger partial charge in [0, 0.05) is 0 Å². The van der Waals surface area contributed by atoms with Gasteiger partial charge in [0.2, 0.25) is 0 Å². The van der Waals surface area contributed by atoms with Crippen LogP contribution in [0, 0.1) is 0 Å². The van der Waals surface area contributed by atoms with Crippen molar-refractivity contribution in [3.8, 4) is 0 Å². The lowest BCUT2D eigenvalue weighted by Gasteiger charge is -2.07. The van der Waals surface area contributed by atoms with Crippen molar-refractivity contribution in [2.45, 2.75) is 6.61 Å². The van der Waals surface area contributed by atoms with E-state index in [9.17, 15) is 9.59 Å². The van der Waals surface area contributed by atoms with E-state index in [0.717, 1.165) is 5.56 Å². The number of anilines is 1. The molecule has 2 rings (SSSR count). The minimum absolute atomic E-state index is 0.0241. The highest BCUT2D eigenvalue weighted by molar-refractivity contribution is 9.10. The van der Waals surface area contributed by atoms with Gasteiger partial charge in [0.1, 0.15) is 16.9 Å². The first-order chi connectivity index (χ1) is 9.69. The zero-order chi connectivity index (χ0) is 14.4. The number of carbonyl (C=O) groups is 2. The standard InChI is InChI=1S/C13H10BrN3O3/c14-11-6-15-12(10(7-18)16-11)17-13(19)20-8-9-4-2-1-3-5-9/h1-7H,8H2,(H,15,17,19). The van der Waals surface area contributed by atoms with Crippen LogP contribution in [0.4, 0.5) is 10.6 Å². The summed E-state index contributed by atoms with van der Waals surface area (Å²) in [5.41, 5.74) is 0.885. The van der Waals surface area contributed by atoms with E-state index in [2.05, 4.69) is 31.2 Å². The van der Waals surface area contributed by atoms with Crippen LogP contribution in [0.15, 0.2) is 41.1 Å². The van der Waals surface area contributed by atoms with E-state index in [1.54, 1.807) is 0 Å². The highest BCUT2D eigenvalue weighted by Crippen LogP contribution is 2.12. The molecule has 0 aliphatic carbocycles. The predicted molar refractivity (Wildman–Crippen MR) is 75.4 cm³/mol. The number of halogens is 1. The lowest BCUT2D eigenvalue weighted by molar-refractivity contribution is 0.111. The summed E-state index contributed by atoms with van der Waals surface area (Å²) in [4.78, 5) is 30.2. The second kappa shape index (κ2) is 6.76. The van der Waals surface area contributed by atoms with E-state index < -0.39 is 6.09 Å². The van der Waals surface area contributed by atoms with Gasteiger partial charge in [-0.25, -0.2) is 14.8 Å². The normalized spacial score (nSPS) is 9.85. The predicted octanol–water partition coefficient (Wildman–Crippen LogP) is 2.80. The third kappa shape index (κ3) is 3.86. The van der Waals surface area contributed by atoms with E-state index >= 15 is 0 Å². The zero-order valence-electron chi connectivity index (χ0n) is 10.2. The molecule has 20 heavy (non-hydrogen) atoms. The second-order valence-electron chi connectivity index (χ2n) is 3.73. The van der Waals surface area contributed by atoms with Gasteiger partial charge < -0.3 is 4.74 Å². The summed E-state index contributed by atoms with van der Waals surface area (Å²) in [7, 11) is 0. The van der Waals surface area contributed by atoms with Crippen molar-refractivity contribution in [3.05, 3.63) is 52.4 Å². The van der Waals surface area contributed by atoms with Crippen LogP contribution in [-0.4, -0.2) is 22.3 Å². The number of benzene rings is 1. The fraction of sp³-hybridized carbons (Fsp3) is 0.0769. The molecule has 6 nitrogen and oxygen atoms in total. The van der Waals surface area contributed by atoms with Gasteiger partial charge in [-0.05, 0) is 21.5 Å². The number of nitrogens with one attached hydrogen (secondary N) is 1. The summed E-state index contributed by atoms with van der Waals surface area (Å²) in [6.07, 6.45) is 1.18. The Bertz CT molecular complexity index is 620. The van der Waals surface area contributed by atoms with Crippen molar-refractivity contribution in [1.29, 1.82) is 0 Å². The highest BCUT2D eigenvalue weighted by atomic mass is 79.9. The summed E-state index contributed by atoms with van der Waals surface area (Å²) in [5.74, 6) is 0.0567. The summed E-state index contributed by atoms with van der Waals surface area (Å²) in [6, 6.07) is 9.24. The molecule has 0 atom stereocenters. The van der Waals surface area contributed by atoms with Crippen molar-refractivity contribution < 1.29 is 14.3 Å². The molecule has 1 aromatic carbocycles. The molecule has 1 amide bonds. The summed E-state index contributed by atoms with van der Waals surface area (Å²) >= 11 is 3.09. The van der Waals surface area contributed by atoms with E-state index in [4.69, 9.17) is 4.74 Å². The fourth-order valence-electron chi connectivity index (χ4n) is 1.42. The van der Waals surface area contributed by atoms with Crippen molar-refractivity contribution >= 4 is 34.1 Å². The molecule has 0 spiro atoms. The molecule has 2 aromatic rings. The average Bonchev–Trinajstić information content (AvgIpc) is 2.48. The largest absolute Gasteiger partial charge is 0.444 e. The molecule has 0 saturated heterocycles. The van der Waals surface area contributed by atoms with Crippen molar-refractivity contribution in [1.82, 2.24) is 9.97 Å². The second-order valence-corrected chi connectivity index (χ2v) is 4.54. The molecule has 102 valence electrons. The van der Waals surface area contributed by atoms with E-state index in [0.29, 0.717) is 10.9 Å². The number of rotatable bonds is 4. The maximum absolute atomic E-state index is 11.6. The van der Waals surface area contributed by atoms with Gasteiger partial charge in [0.05, 0.1) is 6.20 Å². The van der Waals surface area contributed by atoms with Gasteiger partial charge in [0.25, 0.3) is 0 Å². The molecule has 0 radical (unpaired) electrons. The number of aromatic nitrogens is 2. The highest BCUT2D eigenvalue weighted by Gasteiger charge is 2.10. The Labute approximate surface area is 123 Å². The molecule has 0 fully saturated rings. The molecule has 7 heteroatoms. The Morgan fingerprint density at radius 1 is 1.35 bits per heavy atom. The van der Waals surface area contributed by atoms with Gasteiger partial charge in [-0.15, -0.1) is 0 Å². The van der Waals surface area contributed by atoms with Gasteiger partial charge in [-0.3, -0.25) is 10.1 Å². The molecule has 0 bridgehead atoms. The van der Waals surface area contributed by atoms with Crippen LogP contribution >= 0.6 is 15.9 Å². The van der Waals surface area contributed by atoms with Crippen molar-refractivity contribution in [3.63, 3.8) is 0 Å². The minimum atomic E-state index is -0.700. The van der Waals surface area contributed by atoms with Gasteiger partial charge >= 0.3 is 6.09 Å². The Hall–Kier alpha value is -2.28. The first-order valence-corrected chi connectivity index (χ1v) is 6.44. The molecule has 0 unspecified atom stereocenters. The average molecular weight is 336 g/mol. The van der Waals surface area contributed by atoms with Crippen LogP contribution in [0.1, 0.15) is 16.1 Å². The van der Waals surface area contributed by atoms with Crippen LogP contribution in [0.2, 0.25) is 0 Å². The topological polar surface area (TPSA) is 81.2 Å². The molecule has 1 N–H and O–H groups in total. The molecule has 1 aromatic heterocycles. The zero-order valence-corrected chi connectivity index (χ0v) is 11.8. The summed E-state index contributed by atoms with van der Waals surface area (Å²) in [5, 5.41) is 2.37. The van der Waals surface area contributed by atoms with Gasteiger partial charge in [-0.1, -0.05) is 30.3 Å². The molecule has 0 aliphatic rings. The summed E-state index contributed by atoms with van der Waals surface area (Å²) in [6.45, 7) is 0.132. The maximum Gasteiger partial charge on any atom is 0.413 e. The number of ether oxygens (including phenoxy) is 1. The quantitative estimate of drug-likeness (QED) is 0.869. The molecule has 0 aliphatic heterocycles. The number of hydrogen-bond donors (Lipinski definition) is 1. The van der Waals surface area contributed by atoms with Crippen LogP contribution in [0.5, 0.6) is 0 Å². The molecule has 0 saturated carbocycles. The SMILES string of the molecule is O=Cc1nc(Br)cnc1NC(=O)OCc1ccccc1. The molecular weight excluding hydrogens is 326 g/mol. The van der Waals surface area contributed by atoms with Gasteiger partial charge in [0.15, 0.2) is 12.1 Å². The van der Waals surface area contributed by atoms with Gasteiger partial charge in [-0.2, -0.15) is 0 Å². The van der Waals surface area contributed by atoms with Crippen LogP contribution in [0.25, 0.3) is 0 Å². The van der Waals surface area contributed by atoms with Crippen LogP contribution in [-0.2, 0) is 11.3 Å². The smallest absolute Gasteiger partial charge is 0.413 e. The van der Waals surface area contributed by atoms with Crippen LogP contribution < -0.4 is 5.32 Å². The molecular formula is C13H10BrN3O3. The summed E-state index contributed by atoms with van der Waals surface area (Å²) < 4.78 is 5.42. The lowest BCUT2D eigenvalue weighted by Crippen LogP contribution is -2.16. The Balaban J connectivity index is 1.96. The van der Waals surface area contributed by atoms with E-state index in [-0.39, 0.29) is 18.1 Å². The Morgan fingerprint density at radius 2 is 2.10 bits per heavy atom. The minimum Gasteiger partial charge on any atom is -0.444 e. The number of carbonyl (C=O) groups excluding carboxylic acids is 2. The van der Waals surface area contributed by atoms with E-state index in [1.165, 1.54) is 6.20 Å². The third-order valence-electron chi connectivity index (χ3n) is 2.31. The van der Waals surface area contributed by atoms with Crippen LogP contribution in [0.3, 0.4) is 0 Å². The maximum atomic E-state index is 11.6.